The van der Waals surface area contributed by atoms with E-state index in [1.54, 1.807) is 17.4 Å². The fraction of sp³-hybridized carbons (Fsp3) is 0.312. The standard InChI is InChI=1S/C16H21N3OS/c1-4-19(11-13-6-5-9-21-13)16(20)14-10-12(17)7-8-15(14)18(2)3/h5-10H,4,11,17H2,1-3H3. The molecule has 0 fully saturated rings. The van der Waals surface area contributed by atoms with Gasteiger partial charge in [-0.3, -0.25) is 4.79 Å². The van der Waals surface area contributed by atoms with Crippen LogP contribution in [-0.4, -0.2) is 31.4 Å². The quantitative estimate of drug-likeness (QED) is 0.864. The lowest BCUT2D eigenvalue weighted by Gasteiger charge is -2.24. The van der Waals surface area contributed by atoms with Crippen molar-refractivity contribution < 1.29 is 4.79 Å². The normalized spacial score (nSPS) is 10.4. The first kappa shape index (κ1) is 15.4. The number of nitrogen functional groups attached to an aromatic ring is 1. The molecule has 0 saturated carbocycles. The van der Waals surface area contributed by atoms with E-state index in [9.17, 15) is 4.79 Å². The summed E-state index contributed by atoms with van der Waals surface area (Å²) in [6.07, 6.45) is 0. The molecule has 21 heavy (non-hydrogen) atoms. The van der Waals surface area contributed by atoms with E-state index >= 15 is 0 Å². The summed E-state index contributed by atoms with van der Waals surface area (Å²) in [7, 11) is 3.86. The van der Waals surface area contributed by atoms with Gasteiger partial charge in [-0.15, -0.1) is 11.3 Å². The van der Waals surface area contributed by atoms with Crippen LogP contribution >= 0.6 is 11.3 Å². The van der Waals surface area contributed by atoms with Crippen LogP contribution < -0.4 is 10.6 Å². The van der Waals surface area contributed by atoms with Crippen LogP contribution in [0, 0.1) is 0 Å². The number of nitrogens with zero attached hydrogens (tertiary/aromatic N) is 2. The van der Waals surface area contributed by atoms with Gasteiger partial charge in [0.2, 0.25) is 0 Å². The number of rotatable bonds is 5. The van der Waals surface area contributed by atoms with E-state index in [1.807, 2.05) is 60.5 Å². The second-order valence-corrected chi connectivity index (χ2v) is 6.10. The molecule has 5 heteroatoms. The number of carbonyl (C=O) groups is 1. The first-order valence-corrected chi connectivity index (χ1v) is 7.79. The van der Waals surface area contributed by atoms with Gasteiger partial charge in [0.15, 0.2) is 0 Å². The van der Waals surface area contributed by atoms with Gasteiger partial charge >= 0.3 is 0 Å². The van der Waals surface area contributed by atoms with E-state index in [1.165, 1.54) is 4.88 Å². The van der Waals surface area contributed by atoms with Gasteiger partial charge < -0.3 is 15.5 Å². The highest BCUT2D eigenvalue weighted by Crippen LogP contribution is 2.24. The Morgan fingerprint density at radius 1 is 1.29 bits per heavy atom. The SMILES string of the molecule is CCN(Cc1cccs1)C(=O)c1cc(N)ccc1N(C)C. The molecule has 1 amide bonds. The smallest absolute Gasteiger partial charge is 0.256 e. The number of hydrogen-bond donors (Lipinski definition) is 1. The molecule has 0 atom stereocenters. The van der Waals surface area contributed by atoms with Crippen LogP contribution in [0.1, 0.15) is 22.2 Å². The summed E-state index contributed by atoms with van der Waals surface area (Å²) in [4.78, 5) is 17.8. The third-order valence-electron chi connectivity index (χ3n) is 3.33. The Balaban J connectivity index is 2.30. The van der Waals surface area contributed by atoms with E-state index in [2.05, 4.69) is 0 Å². The summed E-state index contributed by atoms with van der Waals surface area (Å²) in [6, 6.07) is 9.52. The molecule has 0 unspecified atom stereocenters. The maximum absolute atomic E-state index is 12.8. The van der Waals surface area contributed by atoms with Crippen molar-refractivity contribution in [2.45, 2.75) is 13.5 Å². The van der Waals surface area contributed by atoms with E-state index in [0.717, 1.165) is 5.69 Å². The van der Waals surface area contributed by atoms with Crippen LogP contribution in [0.5, 0.6) is 0 Å². The van der Waals surface area contributed by atoms with Gasteiger partial charge in [-0.05, 0) is 36.6 Å². The van der Waals surface area contributed by atoms with E-state index in [4.69, 9.17) is 5.73 Å². The lowest BCUT2D eigenvalue weighted by atomic mass is 10.1. The van der Waals surface area contributed by atoms with Crippen LogP contribution in [0.25, 0.3) is 0 Å². The fourth-order valence-electron chi connectivity index (χ4n) is 2.20. The van der Waals surface area contributed by atoms with Crippen LogP contribution in [0.15, 0.2) is 35.7 Å². The van der Waals surface area contributed by atoms with Crippen molar-refractivity contribution in [3.05, 3.63) is 46.2 Å². The average Bonchev–Trinajstić information content (AvgIpc) is 2.96. The van der Waals surface area contributed by atoms with Crippen molar-refractivity contribution in [1.82, 2.24) is 4.90 Å². The van der Waals surface area contributed by atoms with Crippen molar-refractivity contribution in [3.63, 3.8) is 0 Å². The second kappa shape index (κ2) is 6.63. The van der Waals surface area contributed by atoms with E-state index in [-0.39, 0.29) is 5.91 Å². The van der Waals surface area contributed by atoms with Crippen molar-refractivity contribution in [1.29, 1.82) is 0 Å². The minimum atomic E-state index is 0.0156. The summed E-state index contributed by atoms with van der Waals surface area (Å²) in [5.74, 6) is 0.0156. The molecule has 2 N–H and O–H groups in total. The maximum Gasteiger partial charge on any atom is 0.256 e. The molecule has 1 aromatic carbocycles. The number of amides is 1. The second-order valence-electron chi connectivity index (χ2n) is 5.07. The summed E-state index contributed by atoms with van der Waals surface area (Å²) >= 11 is 1.66. The lowest BCUT2D eigenvalue weighted by Crippen LogP contribution is -2.31. The Morgan fingerprint density at radius 2 is 2.05 bits per heavy atom. The van der Waals surface area contributed by atoms with Crippen molar-refractivity contribution >= 4 is 28.6 Å². The predicted octanol–water partition coefficient (Wildman–Crippen LogP) is 3.06. The average molecular weight is 303 g/mol. The maximum atomic E-state index is 12.8. The van der Waals surface area contributed by atoms with Crippen molar-refractivity contribution in [2.75, 3.05) is 31.3 Å². The fourth-order valence-corrected chi connectivity index (χ4v) is 2.92. The lowest BCUT2D eigenvalue weighted by molar-refractivity contribution is 0.0755. The zero-order chi connectivity index (χ0) is 15.4. The predicted molar refractivity (Wildman–Crippen MR) is 89.9 cm³/mol. The molecule has 4 nitrogen and oxygen atoms in total. The summed E-state index contributed by atoms with van der Waals surface area (Å²) in [5.41, 5.74) is 8.00. The molecule has 0 radical (unpaired) electrons. The topological polar surface area (TPSA) is 49.6 Å². The molecule has 0 bridgehead atoms. The van der Waals surface area contributed by atoms with Crippen molar-refractivity contribution in [3.8, 4) is 0 Å². The van der Waals surface area contributed by atoms with Crippen LogP contribution in [-0.2, 0) is 6.54 Å². The monoisotopic (exact) mass is 303 g/mol. The molecule has 0 aliphatic heterocycles. The van der Waals surface area contributed by atoms with Gasteiger partial charge in [-0.1, -0.05) is 6.07 Å². The van der Waals surface area contributed by atoms with Crippen molar-refractivity contribution in [2.24, 2.45) is 0 Å². The minimum absolute atomic E-state index is 0.0156. The summed E-state index contributed by atoms with van der Waals surface area (Å²) in [5, 5.41) is 2.03. The third-order valence-corrected chi connectivity index (χ3v) is 4.19. The molecule has 1 heterocycles. The van der Waals surface area contributed by atoms with Crippen LogP contribution in [0.4, 0.5) is 11.4 Å². The largest absolute Gasteiger partial charge is 0.399 e. The van der Waals surface area contributed by atoms with E-state index < -0.39 is 0 Å². The third kappa shape index (κ3) is 3.55. The highest BCUT2D eigenvalue weighted by atomic mass is 32.1. The Labute approximate surface area is 129 Å². The summed E-state index contributed by atoms with van der Waals surface area (Å²) < 4.78 is 0. The Morgan fingerprint density at radius 3 is 2.62 bits per heavy atom. The number of anilines is 2. The number of nitrogens with two attached hydrogens (primary N) is 1. The highest BCUT2D eigenvalue weighted by molar-refractivity contribution is 7.09. The zero-order valence-corrected chi connectivity index (χ0v) is 13.5. The van der Waals surface area contributed by atoms with Crippen LogP contribution in [0.3, 0.4) is 0 Å². The molecule has 0 aliphatic rings. The molecule has 2 aromatic rings. The molecule has 2 rings (SSSR count). The first-order chi connectivity index (χ1) is 10.0. The number of carbonyl (C=O) groups excluding carboxylic acids is 1. The molecule has 1 aromatic heterocycles. The van der Waals surface area contributed by atoms with Gasteiger partial charge in [0.1, 0.15) is 0 Å². The molecule has 112 valence electrons. The van der Waals surface area contributed by atoms with Gasteiger partial charge in [-0.2, -0.15) is 0 Å². The zero-order valence-electron chi connectivity index (χ0n) is 12.7. The number of hydrogen-bond acceptors (Lipinski definition) is 4. The highest BCUT2D eigenvalue weighted by Gasteiger charge is 2.19. The molecular formula is C16H21N3OS. The molecular weight excluding hydrogens is 282 g/mol. The Hall–Kier alpha value is -2.01. The molecule has 0 spiro atoms. The minimum Gasteiger partial charge on any atom is -0.399 e. The van der Waals surface area contributed by atoms with Gasteiger partial charge in [0.25, 0.3) is 5.91 Å². The first-order valence-electron chi connectivity index (χ1n) is 6.91. The van der Waals surface area contributed by atoms with E-state index in [0.29, 0.717) is 24.3 Å². The van der Waals surface area contributed by atoms with Gasteiger partial charge in [0, 0.05) is 36.9 Å². The van der Waals surface area contributed by atoms with Gasteiger partial charge in [-0.25, -0.2) is 0 Å². The van der Waals surface area contributed by atoms with Gasteiger partial charge in [0.05, 0.1) is 12.1 Å². The number of thiophene rings is 1. The Bertz CT molecular complexity index is 608. The molecule has 0 aliphatic carbocycles. The Kier molecular flexibility index (Phi) is 4.85. The number of benzene rings is 1. The molecule has 0 saturated heterocycles. The summed E-state index contributed by atoms with van der Waals surface area (Å²) in [6.45, 7) is 3.29. The van der Waals surface area contributed by atoms with Crippen LogP contribution in [0.2, 0.25) is 0 Å².